The molecule has 3 rings (SSSR count). The van der Waals surface area contributed by atoms with Gasteiger partial charge in [0, 0.05) is 29.4 Å². The van der Waals surface area contributed by atoms with Crippen LogP contribution in [0.25, 0.3) is 21.8 Å². The van der Waals surface area contributed by atoms with E-state index in [1.54, 1.807) is 12.3 Å². The van der Waals surface area contributed by atoms with Gasteiger partial charge in [0.05, 0.1) is 22.7 Å². The molecule has 0 saturated carbocycles. The number of benzene rings is 1. The predicted molar refractivity (Wildman–Crippen MR) is 113 cm³/mol. The Kier molecular flexibility index (Phi) is 6.43. The van der Waals surface area contributed by atoms with Crippen LogP contribution in [-0.4, -0.2) is 38.6 Å². The van der Waals surface area contributed by atoms with Gasteiger partial charge in [-0.15, -0.1) is 0 Å². The van der Waals surface area contributed by atoms with E-state index < -0.39 is 5.97 Å². The number of carboxylic acids is 1. The van der Waals surface area contributed by atoms with Gasteiger partial charge in [-0.25, -0.2) is 15.0 Å². The van der Waals surface area contributed by atoms with E-state index >= 15 is 0 Å². The molecule has 0 amide bonds. The minimum Gasteiger partial charge on any atom is -0.481 e. The van der Waals surface area contributed by atoms with Crippen LogP contribution in [0.4, 0.5) is 11.1 Å². The Balaban J connectivity index is 1.98. The highest BCUT2D eigenvalue weighted by atomic mass is 35.5. The van der Waals surface area contributed by atoms with E-state index in [0.717, 1.165) is 15.6 Å². The average Bonchev–Trinajstić information content (AvgIpc) is 3.09. The third-order valence-corrected chi connectivity index (χ3v) is 4.95. The van der Waals surface area contributed by atoms with Crippen LogP contribution >= 0.6 is 22.9 Å². The van der Waals surface area contributed by atoms with Crippen LogP contribution in [0.15, 0.2) is 36.5 Å². The lowest BCUT2D eigenvalue weighted by Crippen LogP contribution is -2.10. The quantitative estimate of drug-likeness (QED) is 0.491. The zero-order valence-corrected chi connectivity index (χ0v) is 17.0. The Morgan fingerprint density at radius 2 is 2.00 bits per heavy atom. The molecular weight excluding hydrogens is 398 g/mol. The van der Waals surface area contributed by atoms with Crippen molar-refractivity contribution in [3.63, 3.8) is 0 Å². The second-order valence-corrected chi connectivity index (χ2v) is 7.78. The molecular formula is C19H20ClN5O2S. The molecule has 3 aromatic rings. The summed E-state index contributed by atoms with van der Waals surface area (Å²) in [5.41, 5.74) is 2.12. The highest BCUT2D eigenvalue weighted by molar-refractivity contribution is 7.18. The van der Waals surface area contributed by atoms with Crippen molar-refractivity contribution in [3.05, 3.63) is 41.6 Å². The number of carboxylic acid groups (broad SMARTS) is 1. The molecule has 3 N–H and O–H groups in total. The number of thiazole rings is 1. The molecule has 0 fully saturated rings. The molecule has 0 atom stereocenters. The first-order valence-electron chi connectivity index (χ1n) is 8.75. The standard InChI is InChI=1S/C19H20ClN5O2S/c1-11(2)23-19-22-10-16(28-19)15-9-14(12-5-3-4-6-13(12)20)24-18(25-15)21-8-7-17(26)27/h3-6,9-11H,7-8H2,1-2H3,(H,22,23)(H,26,27)(H,21,24,25). The molecule has 0 unspecified atom stereocenters. The highest BCUT2D eigenvalue weighted by Gasteiger charge is 2.13. The average molecular weight is 418 g/mol. The summed E-state index contributed by atoms with van der Waals surface area (Å²) < 4.78 is 0. The largest absolute Gasteiger partial charge is 0.481 e. The minimum absolute atomic E-state index is 0.0297. The van der Waals surface area contributed by atoms with Gasteiger partial charge in [-0.3, -0.25) is 4.79 Å². The summed E-state index contributed by atoms with van der Waals surface area (Å²) in [6.45, 7) is 4.32. The first-order valence-corrected chi connectivity index (χ1v) is 9.94. The summed E-state index contributed by atoms with van der Waals surface area (Å²) in [7, 11) is 0. The van der Waals surface area contributed by atoms with Crippen molar-refractivity contribution in [2.45, 2.75) is 26.3 Å². The zero-order valence-electron chi connectivity index (χ0n) is 15.4. The second-order valence-electron chi connectivity index (χ2n) is 6.34. The van der Waals surface area contributed by atoms with Crippen LogP contribution in [0.5, 0.6) is 0 Å². The van der Waals surface area contributed by atoms with Gasteiger partial charge in [0.1, 0.15) is 0 Å². The van der Waals surface area contributed by atoms with Crippen molar-refractivity contribution in [2.24, 2.45) is 0 Å². The normalized spacial score (nSPS) is 10.9. The van der Waals surface area contributed by atoms with Crippen LogP contribution in [0.3, 0.4) is 0 Å². The third kappa shape index (κ3) is 5.17. The van der Waals surface area contributed by atoms with Crippen LogP contribution in [0, 0.1) is 0 Å². The molecule has 0 radical (unpaired) electrons. The Bertz CT molecular complexity index is 976. The van der Waals surface area contributed by atoms with E-state index in [4.69, 9.17) is 16.7 Å². The molecule has 7 nitrogen and oxygen atoms in total. The van der Waals surface area contributed by atoms with Crippen LogP contribution in [-0.2, 0) is 4.79 Å². The first-order chi connectivity index (χ1) is 13.4. The van der Waals surface area contributed by atoms with Gasteiger partial charge in [0.15, 0.2) is 5.13 Å². The van der Waals surface area contributed by atoms with E-state index in [1.165, 1.54) is 11.3 Å². The maximum Gasteiger partial charge on any atom is 0.305 e. The van der Waals surface area contributed by atoms with Crippen LogP contribution < -0.4 is 10.6 Å². The fraction of sp³-hybridized carbons (Fsp3) is 0.263. The molecule has 0 saturated heterocycles. The summed E-state index contributed by atoms with van der Waals surface area (Å²) in [6.07, 6.45) is 1.73. The molecule has 28 heavy (non-hydrogen) atoms. The lowest BCUT2D eigenvalue weighted by atomic mass is 10.1. The van der Waals surface area contributed by atoms with Crippen molar-refractivity contribution in [2.75, 3.05) is 17.2 Å². The van der Waals surface area contributed by atoms with Crippen molar-refractivity contribution < 1.29 is 9.90 Å². The summed E-state index contributed by atoms with van der Waals surface area (Å²) in [5, 5.41) is 16.5. The van der Waals surface area contributed by atoms with Gasteiger partial charge in [-0.2, -0.15) is 0 Å². The lowest BCUT2D eigenvalue weighted by Gasteiger charge is -2.10. The number of aromatic nitrogens is 3. The monoisotopic (exact) mass is 417 g/mol. The summed E-state index contributed by atoms with van der Waals surface area (Å²) in [5.74, 6) is -0.540. The van der Waals surface area contributed by atoms with Gasteiger partial charge in [0.2, 0.25) is 5.95 Å². The van der Waals surface area contributed by atoms with E-state index in [9.17, 15) is 4.79 Å². The maximum absolute atomic E-state index is 10.8. The molecule has 0 aliphatic heterocycles. The third-order valence-electron chi connectivity index (χ3n) is 3.67. The topological polar surface area (TPSA) is 100 Å². The molecule has 146 valence electrons. The van der Waals surface area contributed by atoms with Crippen LogP contribution in [0.2, 0.25) is 5.02 Å². The van der Waals surface area contributed by atoms with Gasteiger partial charge in [-0.1, -0.05) is 41.1 Å². The van der Waals surface area contributed by atoms with Gasteiger partial charge in [-0.05, 0) is 26.0 Å². The number of carbonyl (C=O) groups is 1. The Hall–Kier alpha value is -2.71. The smallest absolute Gasteiger partial charge is 0.305 e. The van der Waals surface area contributed by atoms with E-state index in [0.29, 0.717) is 22.4 Å². The highest BCUT2D eigenvalue weighted by Crippen LogP contribution is 2.33. The molecule has 0 aliphatic carbocycles. The van der Waals surface area contributed by atoms with Crippen LogP contribution in [0.1, 0.15) is 20.3 Å². The Labute approximate surface area is 171 Å². The second kappa shape index (κ2) is 8.99. The van der Waals surface area contributed by atoms with Gasteiger partial charge < -0.3 is 15.7 Å². The number of halogens is 1. The minimum atomic E-state index is -0.887. The molecule has 9 heteroatoms. The number of anilines is 2. The molecule has 0 bridgehead atoms. The van der Waals surface area contributed by atoms with Crippen molar-refractivity contribution in [3.8, 4) is 21.8 Å². The van der Waals surface area contributed by atoms with Crippen molar-refractivity contribution >= 4 is 40.0 Å². The van der Waals surface area contributed by atoms with Crippen molar-refractivity contribution in [1.82, 2.24) is 15.0 Å². The Morgan fingerprint density at radius 3 is 2.71 bits per heavy atom. The SMILES string of the molecule is CC(C)Nc1ncc(-c2cc(-c3ccccc3Cl)nc(NCCC(=O)O)n2)s1. The summed E-state index contributed by atoms with van der Waals surface area (Å²) in [6, 6.07) is 9.55. The van der Waals surface area contributed by atoms with E-state index in [1.807, 2.05) is 38.1 Å². The Morgan fingerprint density at radius 1 is 1.25 bits per heavy atom. The summed E-state index contributed by atoms with van der Waals surface area (Å²) in [4.78, 5) is 25.1. The molecule has 2 heterocycles. The number of hydrogen-bond acceptors (Lipinski definition) is 7. The number of rotatable bonds is 8. The molecule has 0 aliphatic rings. The molecule has 0 spiro atoms. The number of nitrogens with one attached hydrogen (secondary N) is 2. The fourth-order valence-corrected chi connectivity index (χ4v) is 3.60. The first kappa shape index (κ1) is 20.0. The lowest BCUT2D eigenvalue weighted by molar-refractivity contribution is -0.136. The van der Waals surface area contributed by atoms with Gasteiger partial charge >= 0.3 is 5.97 Å². The van der Waals surface area contributed by atoms with E-state index in [2.05, 4.69) is 25.6 Å². The fourth-order valence-electron chi connectivity index (χ4n) is 2.45. The maximum atomic E-state index is 10.8. The zero-order chi connectivity index (χ0) is 20.1. The molecule has 1 aromatic carbocycles. The summed E-state index contributed by atoms with van der Waals surface area (Å²) >= 11 is 7.83. The van der Waals surface area contributed by atoms with E-state index in [-0.39, 0.29) is 19.0 Å². The van der Waals surface area contributed by atoms with Gasteiger partial charge in [0.25, 0.3) is 0 Å². The predicted octanol–water partition coefficient (Wildman–Crippen LogP) is 4.63. The number of nitrogens with zero attached hydrogens (tertiary/aromatic N) is 3. The van der Waals surface area contributed by atoms with Crippen molar-refractivity contribution in [1.29, 1.82) is 0 Å². The number of hydrogen-bond donors (Lipinski definition) is 3. The number of aliphatic carboxylic acids is 1. The molecule has 2 aromatic heterocycles.